The summed E-state index contributed by atoms with van der Waals surface area (Å²) < 4.78 is 5.49. The molecule has 1 fully saturated rings. The van der Waals surface area contributed by atoms with E-state index in [0.717, 1.165) is 30.4 Å². The Bertz CT molecular complexity index is 656. The van der Waals surface area contributed by atoms with E-state index in [1.807, 2.05) is 30.8 Å². The molecule has 0 bridgehead atoms. The zero-order valence-electron chi connectivity index (χ0n) is 13.8. The Morgan fingerprint density at radius 2 is 2.09 bits per heavy atom. The molecule has 0 unspecified atom stereocenters. The summed E-state index contributed by atoms with van der Waals surface area (Å²) in [6.45, 7) is 8.48. The lowest BCUT2D eigenvalue weighted by Crippen LogP contribution is -2.36. The molecule has 1 aromatic heterocycles. The molecule has 0 amide bonds. The molecule has 1 saturated heterocycles. The second kappa shape index (κ2) is 6.83. The molecule has 4 nitrogen and oxygen atoms in total. The van der Waals surface area contributed by atoms with Gasteiger partial charge in [0.25, 0.3) is 0 Å². The van der Waals surface area contributed by atoms with Gasteiger partial charge in [0.05, 0.1) is 6.04 Å². The number of halogens is 1. The smallest absolute Gasteiger partial charge is 0.243 e. The van der Waals surface area contributed by atoms with Crippen molar-refractivity contribution in [3.05, 3.63) is 41.0 Å². The molecule has 2 heterocycles. The van der Waals surface area contributed by atoms with E-state index in [9.17, 15) is 0 Å². The molecule has 124 valence electrons. The fourth-order valence-corrected chi connectivity index (χ4v) is 4.35. The van der Waals surface area contributed by atoms with Gasteiger partial charge in [-0.25, -0.2) is 0 Å². The van der Waals surface area contributed by atoms with Crippen LogP contribution < -0.4 is 0 Å². The first-order chi connectivity index (χ1) is 10.9. The molecule has 0 saturated carbocycles. The van der Waals surface area contributed by atoms with E-state index in [1.54, 1.807) is 0 Å². The Morgan fingerprint density at radius 3 is 2.74 bits per heavy atom. The first-order valence-corrected chi connectivity index (χ1v) is 9.11. The Balaban J connectivity index is 1.67. The highest BCUT2D eigenvalue weighted by Gasteiger charge is 2.34. The molecule has 1 aliphatic heterocycles. The van der Waals surface area contributed by atoms with E-state index < -0.39 is 0 Å². The lowest BCUT2D eigenvalue weighted by atomic mass is 10.1. The molecular weight excluding hydrogens is 330 g/mol. The maximum atomic E-state index is 5.97. The minimum absolute atomic E-state index is 0.0888. The molecule has 0 N–H and O–H groups in total. The highest BCUT2D eigenvalue weighted by atomic mass is 35.5. The maximum absolute atomic E-state index is 5.97. The van der Waals surface area contributed by atoms with Gasteiger partial charge in [-0.1, -0.05) is 16.8 Å². The summed E-state index contributed by atoms with van der Waals surface area (Å²) >= 11 is 7.85. The Kier molecular flexibility index (Phi) is 4.99. The van der Waals surface area contributed by atoms with Crippen LogP contribution in [0.2, 0.25) is 5.02 Å². The van der Waals surface area contributed by atoms with Crippen LogP contribution in [0.4, 0.5) is 0 Å². The summed E-state index contributed by atoms with van der Waals surface area (Å²) in [7, 11) is 0. The highest BCUT2D eigenvalue weighted by Crippen LogP contribution is 2.38. The topological polar surface area (TPSA) is 42.2 Å². The summed E-state index contributed by atoms with van der Waals surface area (Å²) in [4.78, 5) is 8.13. The second-order valence-corrected chi connectivity index (χ2v) is 8.84. The fraction of sp³-hybridized carbons (Fsp3) is 0.529. The van der Waals surface area contributed by atoms with Gasteiger partial charge >= 0.3 is 0 Å². The third-order valence-electron chi connectivity index (χ3n) is 3.98. The van der Waals surface area contributed by atoms with Gasteiger partial charge < -0.3 is 4.52 Å². The minimum Gasteiger partial charge on any atom is -0.338 e. The lowest BCUT2D eigenvalue weighted by Gasteiger charge is -2.32. The number of aromatic nitrogens is 2. The van der Waals surface area contributed by atoms with E-state index in [-0.39, 0.29) is 10.8 Å². The molecule has 1 aliphatic rings. The number of nitrogens with zero attached hydrogens (tertiary/aromatic N) is 3. The zero-order valence-corrected chi connectivity index (χ0v) is 15.3. The Morgan fingerprint density at radius 1 is 1.35 bits per heavy atom. The van der Waals surface area contributed by atoms with Gasteiger partial charge in [-0.05, 0) is 64.4 Å². The molecule has 1 atom stereocenters. The standard InChI is InChI=1S/C17H22ClN3OS/c1-12-19-16(22-20-12)15-5-4-10-21(15)11-17(2,3)23-14-8-6-13(18)7-9-14/h6-9,15H,4-5,10-11H2,1-3H3/t15-/m0/s1. The summed E-state index contributed by atoms with van der Waals surface area (Å²) in [6.07, 6.45) is 2.26. The van der Waals surface area contributed by atoms with Crippen LogP contribution in [0.5, 0.6) is 0 Å². The van der Waals surface area contributed by atoms with Crippen LogP contribution in [0.15, 0.2) is 33.7 Å². The van der Waals surface area contributed by atoms with Crippen molar-refractivity contribution in [2.75, 3.05) is 13.1 Å². The van der Waals surface area contributed by atoms with Crippen LogP contribution >= 0.6 is 23.4 Å². The van der Waals surface area contributed by atoms with Crippen molar-refractivity contribution in [3.63, 3.8) is 0 Å². The number of hydrogen-bond acceptors (Lipinski definition) is 5. The van der Waals surface area contributed by atoms with Gasteiger partial charge in [-0.3, -0.25) is 4.90 Å². The molecule has 6 heteroatoms. The van der Waals surface area contributed by atoms with E-state index in [1.165, 1.54) is 11.3 Å². The predicted molar refractivity (Wildman–Crippen MR) is 94.0 cm³/mol. The van der Waals surface area contributed by atoms with Gasteiger partial charge in [0, 0.05) is 21.2 Å². The first kappa shape index (κ1) is 16.8. The number of hydrogen-bond donors (Lipinski definition) is 0. The van der Waals surface area contributed by atoms with Gasteiger partial charge in [-0.15, -0.1) is 11.8 Å². The number of likely N-dealkylation sites (tertiary alicyclic amines) is 1. The van der Waals surface area contributed by atoms with E-state index in [2.05, 4.69) is 41.0 Å². The largest absolute Gasteiger partial charge is 0.338 e. The summed E-state index contributed by atoms with van der Waals surface area (Å²) in [5.41, 5.74) is 0. The summed E-state index contributed by atoms with van der Waals surface area (Å²) in [5.74, 6) is 1.47. The van der Waals surface area contributed by atoms with Gasteiger partial charge in [0.15, 0.2) is 5.82 Å². The average Bonchev–Trinajstić information content (AvgIpc) is 3.09. The van der Waals surface area contributed by atoms with Crippen molar-refractivity contribution < 1.29 is 4.52 Å². The average molecular weight is 352 g/mol. The lowest BCUT2D eigenvalue weighted by molar-refractivity contribution is 0.197. The van der Waals surface area contributed by atoms with E-state index in [4.69, 9.17) is 16.1 Å². The first-order valence-electron chi connectivity index (χ1n) is 7.92. The summed E-state index contributed by atoms with van der Waals surface area (Å²) in [5, 5.41) is 4.71. The van der Waals surface area contributed by atoms with Crippen LogP contribution in [0.25, 0.3) is 0 Å². The quantitative estimate of drug-likeness (QED) is 0.728. The van der Waals surface area contributed by atoms with Crippen LogP contribution in [0, 0.1) is 6.92 Å². The number of rotatable bonds is 5. The fourth-order valence-electron chi connectivity index (χ4n) is 3.09. The molecule has 2 aromatic rings. The van der Waals surface area contributed by atoms with Gasteiger partial charge in [-0.2, -0.15) is 4.98 Å². The normalized spacial score (nSPS) is 19.4. The third kappa shape index (κ3) is 4.28. The third-order valence-corrected chi connectivity index (χ3v) is 5.43. The van der Waals surface area contributed by atoms with Gasteiger partial charge in [0.1, 0.15) is 0 Å². The molecule has 23 heavy (non-hydrogen) atoms. The number of benzene rings is 1. The summed E-state index contributed by atoms with van der Waals surface area (Å²) in [6, 6.07) is 8.30. The van der Waals surface area contributed by atoms with Crippen molar-refractivity contribution in [2.24, 2.45) is 0 Å². The monoisotopic (exact) mass is 351 g/mol. The number of aryl methyl sites for hydroxylation is 1. The van der Waals surface area contributed by atoms with E-state index >= 15 is 0 Å². The number of thioether (sulfide) groups is 1. The second-order valence-electron chi connectivity index (χ2n) is 6.62. The molecular formula is C17H22ClN3OS. The van der Waals surface area contributed by atoms with E-state index in [0.29, 0.717) is 5.82 Å². The predicted octanol–water partition coefficient (Wildman–Crippen LogP) is 4.74. The van der Waals surface area contributed by atoms with Crippen molar-refractivity contribution >= 4 is 23.4 Å². The van der Waals surface area contributed by atoms with Crippen molar-refractivity contribution in [2.45, 2.75) is 49.3 Å². The molecule has 1 aromatic carbocycles. The molecule has 3 rings (SSSR count). The Labute approximate surface area is 146 Å². The zero-order chi connectivity index (χ0) is 16.4. The van der Waals surface area contributed by atoms with Crippen molar-refractivity contribution in [1.82, 2.24) is 15.0 Å². The minimum atomic E-state index is 0.0888. The highest BCUT2D eigenvalue weighted by molar-refractivity contribution is 8.00. The van der Waals surface area contributed by atoms with Crippen molar-refractivity contribution in [3.8, 4) is 0 Å². The van der Waals surface area contributed by atoms with Crippen LogP contribution in [-0.2, 0) is 0 Å². The molecule has 0 spiro atoms. The van der Waals surface area contributed by atoms with Crippen molar-refractivity contribution in [1.29, 1.82) is 0 Å². The van der Waals surface area contributed by atoms with Crippen LogP contribution in [-0.4, -0.2) is 32.9 Å². The maximum Gasteiger partial charge on any atom is 0.243 e. The molecule has 0 radical (unpaired) electrons. The molecule has 0 aliphatic carbocycles. The Hall–Kier alpha value is -1.04. The van der Waals surface area contributed by atoms with Gasteiger partial charge in [0.2, 0.25) is 5.89 Å². The van der Waals surface area contributed by atoms with Crippen LogP contribution in [0.3, 0.4) is 0 Å². The van der Waals surface area contributed by atoms with Crippen LogP contribution in [0.1, 0.15) is 44.4 Å². The SMILES string of the molecule is Cc1noc([C@@H]2CCCN2CC(C)(C)Sc2ccc(Cl)cc2)n1.